The Hall–Kier alpha value is -1.14. The molecule has 6 nitrogen and oxygen atoms in total. The van der Waals surface area contributed by atoms with Crippen molar-refractivity contribution in [1.82, 2.24) is 0 Å². The topological polar surface area (TPSA) is 98.8 Å². The molecule has 0 saturated heterocycles. The Kier molecular flexibility index (Phi) is 39.8. The van der Waals surface area contributed by atoms with E-state index in [2.05, 4.69) is 18.7 Å². The zero-order valence-electron chi connectivity index (χ0n) is 27.6. The fraction of sp³-hybridized carbons (Fsp3) is 0.943. The van der Waals surface area contributed by atoms with E-state index >= 15 is 0 Å². The lowest BCUT2D eigenvalue weighted by Gasteiger charge is -2.04. The van der Waals surface area contributed by atoms with Crippen molar-refractivity contribution in [3.8, 4) is 0 Å². The van der Waals surface area contributed by atoms with Crippen LogP contribution in [0.15, 0.2) is 0 Å². The van der Waals surface area contributed by atoms with Crippen LogP contribution < -0.4 is 5.90 Å². The van der Waals surface area contributed by atoms with Crippen LogP contribution in [-0.4, -0.2) is 30.3 Å². The minimum atomic E-state index is -0.289. The lowest BCUT2D eigenvalue weighted by molar-refractivity contribution is -0.145. The highest BCUT2D eigenvalue weighted by molar-refractivity contribution is 5.69. The standard InChI is InChI=1S/C19H38O3.C16H33NO2/c1-2-3-4-5-6-7-8-9-10-11-12-13-14-16-19(21)22-18-15-17-20;1-2-3-4-5-6-7-8-9-10-11-12-13-14-15-16(18)19-17/h20H,2-18H2,1H3;2-15,17H2,1H3. The number of esters is 1. The summed E-state index contributed by atoms with van der Waals surface area (Å²) in [6, 6.07) is 0. The first-order valence-corrected chi connectivity index (χ1v) is 17.8. The van der Waals surface area contributed by atoms with Crippen LogP contribution in [0.2, 0.25) is 0 Å². The molecule has 3 N–H and O–H groups in total. The van der Waals surface area contributed by atoms with Crippen molar-refractivity contribution in [2.45, 2.75) is 200 Å². The third-order valence-electron chi connectivity index (χ3n) is 7.67. The smallest absolute Gasteiger partial charge is 0.324 e. The lowest BCUT2D eigenvalue weighted by atomic mass is 10.0. The Morgan fingerprint density at radius 1 is 0.463 bits per heavy atom. The van der Waals surface area contributed by atoms with E-state index in [0.717, 1.165) is 25.7 Å². The van der Waals surface area contributed by atoms with Crippen molar-refractivity contribution < 1.29 is 24.3 Å². The Morgan fingerprint density at radius 3 is 1.05 bits per heavy atom. The van der Waals surface area contributed by atoms with Crippen LogP contribution >= 0.6 is 0 Å². The number of rotatable bonds is 31. The van der Waals surface area contributed by atoms with Gasteiger partial charge in [-0.25, -0.2) is 0 Å². The second-order valence-electron chi connectivity index (χ2n) is 11.8. The quantitative estimate of drug-likeness (QED) is 0.0477. The predicted octanol–water partition coefficient (Wildman–Crippen LogP) is 10.3. The van der Waals surface area contributed by atoms with Crippen LogP contribution in [0.5, 0.6) is 0 Å². The first kappa shape index (κ1) is 42.0. The van der Waals surface area contributed by atoms with Gasteiger partial charge in [-0.3, -0.25) is 9.59 Å². The van der Waals surface area contributed by atoms with Crippen molar-refractivity contribution in [3.05, 3.63) is 0 Å². The van der Waals surface area contributed by atoms with Crippen molar-refractivity contribution in [3.63, 3.8) is 0 Å². The lowest BCUT2D eigenvalue weighted by Crippen LogP contribution is -2.08. The molecule has 0 fully saturated rings. The second-order valence-corrected chi connectivity index (χ2v) is 11.8. The molecule has 0 heterocycles. The minimum Gasteiger partial charge on any atom is -0.466 e. The fourth-order valence-corrected chi connectivity index (χ4v) is 4.96. The number of hydrogen-bond acceptors (Lipinski definition) is 6. The van der Waals surface area contributed by atoms with E-state index in [1.54, 1.807) is 0 Å². The van der Waals surface area contributed by atoms with Gasteiger partial charge in [0, 0.05) is 25.9 Å². The Bertz CT molecular complexity index is 515. The van der Waals surface area contributed by atoms with Crippen molar-refractivity contribution >= 4 is 11.9 Å². The van der Waals surface area contributed by atoms with Crippen LogP contribution in [0.25, 0.3) is 0 Å². The van der Waals surface area contributed by atoms with Gasteiger partial charge in [0.15, 0.2) is 0 Å². The molecule has 41 heavy (non-hydrogen) atoms. The molecule has 0 aliphatic rings. The summed E-state index contributed by atoms with van der Waals surface area (Å²) in [5.41, 5.74) is 0. The van der Waals surface area contributed by atoms with E-state index in [-0.39, 0.29) is 18.5 Å². The summed E-state index contributed by atoms with van der Waals surface area (Å²) >= 11 is 0. The molecule has 0 atom stereocenters. The molecule has 0 radical (unpaired) electrons. The predicted molar refractivity (Wildman–Crippen MR) is 174 cm³/mol. The number of hydrogen-bond donors (Lipinski definition) is 2. The van der Waals surface area contributed by atoms with Crippen LogP contribution in [0.3, 0.4) is 0 Å². The maximum Gasteiger partial charge on any atom is 0.324 e. The van der Waals surface area contributed by atoms with Crippen LogP contribution in [0, 0.1) is 0 Å². The SMILES string of the molecule is CCCCCCCCCCCCCCCC(=O)OCCCO.CCCCCCCCCCCCCCCC(=O)ON. The number of carbonyl (C=O) groups excluding carboxylic acids is 2. The molecular formula is C35H71NO5. The summed E-state index contributed by atoms with van der Waals surface area (Å²) in [6.07, 6.45) is 35.7. The summed E-state index contributed by atoms with van der Waals surface area (Å²) in [4.78, 5) is 26.2. The third-order valence-corrected chi connectivity index (χ3v) is 7.67. The highest BCUT2D eigenvalue weighted by atomic mass is 16.7. The molecule has 0 aliphatic carbocycles. The van der Waals surface area contributed by atoms with E-state index in [1.165, 1.54) is 141 Å². The highest BCUT2D eigenvalue weighted by Gasteiger charge is 2.02. The van der Waals surface area contributed by atoms with E-state index in [1.807, 2.05) is 0 Å². The summed E-state index contributed by atoms with van der Waals surface area (Å²) in [7, 11) is 0. The molecule has 0 aliphatic heterocycles. The third kappa shape index (κ3) is 41.1. The summed E-state index contributed by atoms with van der Waals surface area (Å²) < 4.78 is 4.99. The van der Waals surface area contributed by atoms with Gasteiger partial charge >= 0.3 is 11.9 Å². The Balaban J connectivity index is 0. The molecule has 0 amide bonds. The normalized spacial score (nSPS) is 10.7. The number of ether oxygens (including phenoxy) is 1. The molecule has 0 bridgehead atoms. The van der Waals surface area contributed by atoms with Gasteiger partial charge in [-0.1, -0.05) is 168 Å². The van der Waals surface area contributed by atoms with Crippen LogP contribution in [0.1, 0.15) is 200 Å². The molecular weight excluding hydrogens is 514 g/mol. The molecule has 0 saturated carbocycles. The maximum absolute atomic E-state index is 11.3. The average molecular weight is 586 g/mol. The van der Waals surface area contributed by atoms with Crippen molar-refractivity contribution in [2.75, 3.05) is 13.2 Å². The molecule has 0 spiro atoms. The van der Waals surface area contributed by atoms with Gasteiger partial charge in [-0.2, -0.15) is 5.90 Å². The van der Waals surface area contributed by atoms with Gasteiger partial charge in [0.05, 0.1) is 6.61 Å². The number of unbranched alkanes of at least 4 members (excludes halogenated alkanes) is 24. The Labute approximate surface area is 255 Å². The van der Waals surface area contributed by atoms with E-state index in [4.69, 9.17) is 15.7 Å². The average Bonchev–Trinajstić information content (AvgIpc) is 2.98. The zero-order valence-corrected chi connectivity index (χ0v) is 27.6. The zero-order chi connectivity index (χ0) is 30.5. The number of nitrogens with two attached hydrogens (primary N) is 1. The number of aliphatic hydroxyl groups excluding tert-OH is 1. The van der Waals surface area contributed by atoms with Crippen LogP contribution in [-0.2, 0) is 19.2 Å². The molecule has 0 aromatic rings. The first-order chi connectivity index (χ1) is 20.1. The van der Waals surface area contributed by atoms with Crippen molar-refractivity contribution in [1.29, 1.82) is 0 Å². The molecule has 0 aromatic heterocycles. The van der Waals surface area contributed by atoms with Gasteiger partial charge in [-0.05, 0) is 12.8 Å². The molecule has 246 valence electrons. The highest BCUT2D eigenvalue weighted by Crippen LogP contribution is 2.14. The largest absolute Gasteiger partial charge is 0.466 e. The maximum atomic E-state index is 11.3. The fourth-order valence-electron chi connectivity index (χ4n) is 4.96. The molecule has 0 unspecified atom stereocenters. The number of carbonyl (C=O) groups is 2. The first-order valence-electron chi connectivity index (χ1n) is 17.8. The number of aliphatic hydroxyl groups is 1. The van der Waals surface area contributed by atoms with Gasteiger partial charge in [0.25, 0.3) is 0 Å². The minimum absolute atomic E-state index is 0.0893. The van der Waals surface area contributed by atoms with Gasteiger partial charge < -0.3 is 14.7 Å². The van der Waals surface area contributed by atoms with E-state index in [0.29, 0.717) is 25.9 Å². The van der Waals surface area contributed by atoms with Gasteiger partial charge in [-0.15, -0.1) is 0 Å². The molecule has 0 aromatic carbocycles. The monoisotopic (exact) mass is 586 g/mol. The van der Waals surface area contributed by atoms with Crippen LogP contribution in [0.4, 0.5) is 0 Å². The second kappa shape index (κ2) is 38.9. The molecule has 0 rings (SSSR count). The van der Waals surface area contributed by atoms with Gasteiger partial charge in [0.1, 0.15) is 0 Å². The summed E-state index contributed by atoms with van der Waals surface area (Å²) in [6.45, 7) is 4.97. The molecule has 6 heteroatoms. The van der Waals surface area contributed by atoms with E-state index in [9.17, 15) is 9.59 Å². The summed E-state index contributed by atoms with van der Waals surface area (Å²) in [5.74, 6) is 4.37. The van der Waals surface area contributed by atoms with E-state index < -0.39 is 0 Å². The summed E-state index contributed by atoms with van der Waals surface area (Å²) in [5, 5.41) is 8.59. The van der Waals surface area contributed by atoms with Gasteiger partial charge in [0.2, 0.25) is 0 Å². The Morgan fingerprint density at radius 2 is 0.756 bits per heavy atom. The van der Waals surface area contributed by atoms with Crippen molar-refractivity contribution in [2.24, 2.45) is 5.90 Å².